The molecule has 4 aromatic carbocycles. The topological polar surface area (TPSA) is 110 Å². The van der Waals surface area contributed by atoms with Crippen LogP contribution in [0.5, 0.6) is 11.5 Å². The zero-order chi connectivity index (χ0) is 40.1. The van der Waals surface area contributed by atoms with E-state index in [-0.39, 0.29) is 44.4 Å². The summed E-state index contributed by atoms with van der Waals surface area (Å²) in [5.41, 5.74) is 1.61. The molecule has 1 aromatic heterocycles. The van der Waals surface area contributed by atoms with E-state index in [1.807, 2.05) is 78.6 Å². The maximum absolute atomic E-state index is 13.8. The number of anilines is 1. The van der Waals surface area contributed by atoms with Gasteiger partial charge in [-0.2, -0.15) is 0 Å². The molecule has 0 radical (unpaired) electrons. The second kappa shape index (κ2) is 17.3. The van der Waals surface area contributed by atoms with E-state index < -0.39 is 31.9 Å². The summed E-state index contributed by atoms with van der Waals surface area (Å²) in [6, 6.07) is 34.8. The van der Waals surface area contributed by atoms with Crippen LogP contribution in [-0.4, -0.2) is 71.8 Å². The minimum atomic E-state index is -2.33. The first-order valence-electron chi connectivity index (χ1n) is 18.6. The molecule has 3 atom stereocenters. The zero-order valence-corrected chi connectivity index (χ0v) is 36.0. The van der Waals surface area contributed by atoms with Crippen molar-refractivity contribution in [2.45, 2.75) is 75.2 Å². The molecule has 56 heavy (non-hydrogen) atoms. The van der Waals surface area contributed by atoms with Crippen LogP contribution >= 0.6 is 0 Å². The van der Waals surface area contributed by atoms with Crippen LogP contribution in [0.15, 0.2) is 120 Å². The Morgan fingerprint density at radius 3 is 1.91 bits per heavy atom. The first-order valence-corrected chi connectivity index (χ1v) is 24.1. The van der Waals surface area contributed by atoms with Crippen LogP contribution in [-0.2, 0) is 19.5 Å². The van der Waals surface area contributed by atoms with E-state index in [1.54, 1.807) is 44.7 Å². The molecule has 1 fully saturated rings. The molecular formula is C44H51N3O7SeSi. The van der Waals surface area contributed by atoms with Crippen LogP contribution in [0.1, 0.15) is 60.5 Å². The number of benzene rings is 4. The molecule has 0 aliphatic carbocycles. The van der Waals surface area contributed by atoms with E-state index in [2.05, 4.69) is 56.3 Å². The second-order valence-corrected chi connectivity index (χ2v) is 21.8. The summed E-state index contributed by atoms with van der Waals surface area (Å²) in [6.07, 6.45) is 0.578. The first-order chi connectivity index (χ1) is 26.8. The number of nitrogens with zero attached hydrogens (tertiary/aromatic N) is 2. The number of hydrogen-bond acceptors (Lipinski definition) is 8. The van der Waals surface area contributed by atoms with Crippen molar-refractivity contribution in [2.24, 2.45) is 0 Å². The summed E-state index contributed by atoms with van der Waals surface area (Å²) in [6.45, 7) is 11.2. The molecular weight excluding hydrogens is 790 g/mol. The van der Waals surface area contributed by atoms with E-state index in [4.69, 9.17) is 23.4 Å². The van der Waals surface area contributed by atoms with E-state index in [9.17, 15) is 9.59 Å². The number of ether oxygens (including phenoxy) is 4. The molecule has 6 rings (SSSR count). The number of amides is 1. The molecule has 12 heteroatoms. The summed E-state index contributed by atoms with van der Waals surface area (Å²) < 4.78 is 34.6. The summed E-state index contributed by atoms with van der Waals surface area (Å²) >= 11 is -0.105. The molecule has 0 saturated carbocycles. The van der Waals surface area contributed by atoms with Gasteiger partial charge in [-0.3, -0.25) is 0 Å². The number of methoxy groups -OCH3 is 2. The number of rotatable bonds is 14. The van der Waals surface area contributed by atoms with E-state index in [0.717, 1.165) is 32.7 Å². The number of nitrogens with one attached hydrogen (secondary N) is 1. The number of carbonyl (C=O) groups excluding carboxylic acids is 1. The molecule has 1 aliphatic rings. The van der Waals surface area contributed by atoms with Gasteiger partial charge in [0.1, 0.15) is 11.5 Å². The van der Waals surface area contributed by atoms with Crippen LogP contribution in [0.3, 0.4) is 0 Å². The van der Waals surface area contributed by atoms with Crippen molar-refractivity contribution in [3.05, 3.63) is 148 Å². The van der Waals surface area contributed by atoms with Gasteiger partial charge in [-0.1, -0.05) is 6.07 Å². The summed E-state index contributed by atoms with van der Waals surface area (Å²) in [5.74, 6) is 3.42. The summed E-state index contributed by atoms with van der Waals surface area (Å²) in [7, 11) is 0.965. The van der Waals surface area contributed by atoms with Gasteiger partial charge in [0.25, 0.3) is 0 Å². The third kappa shape index (κ3) is 8.71. The van der Waals surface area contributed by atoms with E-state index in [1.165, 1.54) is 4.57 Å². The number of hydrogen-bond donors (Lipinski definition) is 1. The third-order valence-corrected chi connectivity index (χ3v) is 16.8. The Balaban J connectivity index is 1.39. The molecule has 294 valence electrons. The Labute approximate surface area is 336 Å². The SMILES string of the molecule is COc1ccc(C(OC[C@H]2O[C@@H](n3cc([Se]C)c(NC(=O)c4ccccc4)nc3=O)C[C@@H]2O[Si](C)(C)C(C)(C)C)(c2ccccc2)c2ccc(OC)cc2)cc1. The van der Waals surface area contributed by atoms with Gasteiger partial charge in [-0.05, 0) is 0 Å². The molecule has 0 spiro atoms. The average molecular weight is 841 g/mol. The van der Waals surface area contributed by atoms with Crippen LogP contribution < -0.4 is 24.9 Å². The van der Waals surface area contributed by atoms with Crippen molar-refractivity contribution in [1.29, 1.82) is 0 Å². The van der Waals surface area contributed by atoms with Crippen LogP contribution in [0.2, 0.25) is 24.0 Å². The predicted octanol–water partition coefficient (Wildman–Crippen LogP) is 7.58. The van der Waals surface area contributed by atoms with E-state index >= 15 is 0 Å². The fourth-order valence-electron chi connectivity index (χ4n) is 6.65. The summed E-state index contributed by atoms with van der Waals surface area (Å²) in [4.78, 5) is 31.2. The number of carbonyl (C=O) groups is 1. The summed E-state index contributed by atoms with van der Waals surface area (Å²) in [5, 5.41) is 2.78. The fraction of sp³-hybridized carbons (Fsp3) is 0.341. The Kier molecular flexibility index (Phi) is 12.7. The second-order valence-electron chi connectivity index (χ2n) is 15.3. The third-order valence-electron chi connectivity index (χ3n) is 10.8. The molecule has 0 bridgehead atoms. The van der Waals surface area contributed by atoms with Crippen molar-refractivity contribution in [2.75, 3.05) is 26.1 Å². The van der Waals surface area contributed by atoms with Crippen LogP contribution in [0.4, 0.5) is 5.82 Å². The van der Waals surface area contributed by atoms with Gasteiger partial charge < -0.3 is 9.47 Å². The zero-order valence-electron chi connectivity index (χ0n) is 33.3. The predicted molar refractivity (Wildman–Crippen MR) is 223 cm³/mol. The Morgan fingerprint density at radius 1 is 0.857 bits per heavy atom. The molecule has 1 aliphatic heterocycles. The van der Waals surface area contributed by atoms with Gasteiger partial charge in [-0.25, -0.2) is 0 Å². The van der Waals surface area contributed by atoms with Gasteiger partial charge >= 0.3 is 297 Å². The average Bonchev–Trinajstić information content (AvgIpc) is 3.60. The normalized spacial score (nSPS) is 17.4. The fourth-order valence-corrected chi connectivity index (χ4v) is 9.07. The number of aromatic nitrogens is 2. The molecule has 1 saturated heterocycles. The van der Waals surface area contributed by atoms with Gasteiger partial charge in [0, 0.05) is 0 Å². The molecule has 1 amide bonds. The van der Waals surface area contributed by atoms with Crippen LogP contribution in [0.25, 0.3) is 0 Å². The van der Waals surface area contributed by atoms with Gasteiger partial charge in [-0.15, -0.1) is 0 Å². The van der Waals surface area contributed by atoms with Gasteiger partial charge in [0.15, 0.2) is 0 Å². The Hall–Kier alpha value is -4.55. The van der Waals surface area contributed by atoms with Crippen molar-refractivity contribution in [1.82, 2.24) is 9.55 Å². The van der Waals surface area contributed by atoms with Gasteiger partial charge in [0.2, 0.25) is 0 Å². The monoisotopic (exact) mass is 841 g/mol. The van der Waals surface area contributed by atoms with Crippen molar-refractivity contribution >= 4 is 39.5 Å². The standard InChI is InChI=1S/C44H51N3O7SeSi/c1-43(2,3)56(7,8)54-36-27-39(47-28-38(55-6)40(46-42(47)49)45-41(48)30-15-11-9-12-16-30)53-37(36)29-52-44(31-17-13-10-14-18-31,32-19-23-34(50-4)24-20-32)33-21-25-35(51-5)26-22-33/h9-26,28,36-37,39H,27,29H2,1-8H3,(H,45,46,48,49)/t36-,37+,39+/m0/s1. The Bertz CT molecular complexity index is 2090. The molecule has 10 nitrogen and oxygen atoms in total. The van der Waals surface area contributed by atoms with Crippen molar-refractivity contribution in [3.8, 4) is 11.5 Å². The minimum absolute atomic E-state index is 0.0780. The van der Waals surface area contributed by atoms with E-state index in [0.29, 0.717) is 12.0 Å². The quantitative estimate of drug-likeness (QED) is 0.0902. The van der Waals surface area contributed by atoms with Crippen molar-refractivity contribution < 1.29 is 28.2 Å². The molecule has 2 heterocycles. The Morgan fingerprint density at radius 2 is 1.39 bits per heavy atom. The molecule has 5 aromatic rings. The van der Waals surface area contributed by atoms with Gasteiger partial charge in [0.05, 0.1) is 14.2 Å². The molecule has 0 unspecified atom stereocenters. The van der Waals surface area contributed by atoms with Crippen LogP contribution in [0, 0.1) is 0 Å². The van der Waals surface area contributed by atoms with Crippen molar-refractivity contribution in [3.63, 3.8) is 0 Å². The first kappa shape index (κ1) is 41.1. The maximum atomic E-state index is 13.8. The molecule has 1 N–H and O–H groups in total.